The van der Waals surface area contributed by atoms with Crippen molar-refractivity contribution >= 4 is 15.9 Å². The van der Waals surface area contributed by atoms with E-state index in [9.17, 15) is 5.11 Å². The molecule has 2 aliphatic carbocycles. The smallest absolute Gasteiger partial charge is 0.0508 e. The highest BCUT2D eigenvalue weighted by molar-refractivity contribution is 9.10. The highest BCUT2D eigenvalue weighted by Gasteiger charge is 2.68. The molecule has 0 bridgehead atoms. The molecule has 3 heteroatoms. The number of nitrogens with two attached hydrogens (primary N) is 1. The van der Waals surface area contributed by atoms with Crippen molar-refractivity contribution in [3.8, 4) is 0 Å². The van der Waals surface area contributed by atoms with Gasteiger partial charge in [-0.05, 0) is 42.5 Å². The van der Waals surface area contributed by atoms with Crippen LogP contribution in [0.4, 0.5) is 0 Å². The molecule has 2 atom stereocenters. The monoisotopic (exact) mass is 281 g/mol. The van der Waals surface area contributed by atoms with Gasteiger partial charge in [0, 0.05) is 21.8 Å². The number of rotatable bonds is 2. The van der Waals surface area contributed by atoms with Crippen LogP contribution in [-0.4, -0.2) is 18.3 Å². The largest absolute Gasteiger partial charge is 0.396 e. The first-order chi connectivity index (χ1) is 7.67. The molecule has 1 spiro atoms. The molecule has 0 radical (unpaired) electrons. The van der Waals surface area contributed by atoms with Crippen LogP contribution in [-0.2, 0) is 11.8 Å². The normalized spacial score (nSPS) is 35.4. The van der Waals surface area contributed by atoms with E-state index in [-0.39, 0.29) is 17.4 Å². The van der Waals surface area contributed by atoms with Crippen LogP contribution in [0.3, 0.4) is 0 Å². The zero-order valence-electron chi connectivity index (χ0n) is 9.17. The van der Waals surface area contributed by atoms with Gasteiger partial charge < -0.3 is 10.8 Å². The average Bonchev–Trinajstić information content (AvgIpc) is 2.82. The first kappa shape index (κ1) is 10.8. The van der Waals surface area contributed by atoms with Crippen LogP contribution in [0.15, 0.2) is 22.7 Å². The van der Waals surface area contributed by atoms with Crippen molar-refractivity contribution in [2.45, 2.75) is 24.7 Å². The van der Waals surface area contributed by atoms with Gasteiger partial charge in [0.25, 0.3) is 0 Å². The molecule has 86 valence electrons. The molecule has 1 aromatic rings. The lowest BCUT2D eigenvalue weighted by molar-refractivity contribution is 0.195. The zero-order valence-corrected chi connectivity index (χ0v) is 10.8. The van der Waals surface area contributed by atoms with Gasteiger partial charge in [-0.15, -0.1) is 0 Å². The van der Waals surface area contributed by atoms with E-state index in [0.717, 1.165) is 23.7 Å². The molecule has 0 aromatic heterocycles. The summed E-state index contributed by atoms with van der Waals surface area (Å²) in [5, 5.41) is 9.57. The van der Waals surface area contributed by atoms with Crippen molar-refractivity contribution in [3.05, 3.63) is 33.8 Å². The number of hydrogen-bond acceptors (Lipinski definition) is 2. The molecule has 1 aromatic carbocycles. The van der Waals surface area contributed by atoms with Crippen molar-refractivity contribution in [1.29, 1.82) is 0 Å². The molecule has 2 unspecified atom stereocenters. The van der Waals surface area contributed by atoms with E-state index in [0.29, 0.717) is 6.54 Å². The third-order valence-corrected chi connectivity index (χ3v) is 5.12. The van der Waals surface area contributed by atoms with Crippen LogP contribution in [0, 0.1) is 5.41 Å². The van der Waals surface area contributed by atoms with E-state index < -0.39 is 0 Å². The molecule has 0 amide bonds. The SMILES string of the molecule is NCC1(CO)CC12CCc1cc(Br)ccc12. The summed E-state index contributed by atoms with van der Waals surface area (Å²) in [5.41, 5.74) is 8.86. The number of aliphatic hydroxyl groups is 1. The maximum absolute atomic E-state index is 9.57. The minimum Gasteiger partial charge on any atom is -0.396 e. The summed E-state index contributed by atoms with van der Waals surface area (Å²) in [6.45, 7) is 0.817. The Hall–Kier alpha value is -0.380. The molecule has 1 saturated carbocycles. The number of benzene rings is 1. The minimum absolute atomic E-state index is 0.0356. The highest BCUT2D eigenvalue weighted by Crippen LogP contribution is 2.69. The predicted molar refractivity (Wildman–Crippen MR) is 67.3 cm³/mol. The lowest BCUT2D eigenvalue weighted by atomic mass is 9.88. The Morgan fingerprint density at radius 3 is 2.88 bits per heavy atom. The molecule has 0 heterocycles. The molecule has 1 fully saturated rings. The molecule has 3 rings (SSSR count). The Balaban J connectivity index is 2.05. The molecule has 0 saturated heterocycles. The average molecular weight is 282 g/mol. The Morgan fingerprint density at radius 2 is 2.25 bits per heavy atom. The number of hydrogen-bond donors (Lipinski definition) is 2. The third-order valence-electron chi connectivity index (χ3n) is 4.63. The van der Waals surface area contributed by atoms with Crippen molar-refractivity contribution in [1.82, 2.24) is 0 Å². The van der Waals surface area contributed by atoms with Crippen LogP contribution in [0.1, 0.15) is 24.0 Å². The Kier molecular flexibility index (Phi) is 2.23. The lowest BCUT2D eigenvalue weighted by Gasteiger charge is -2.19. The number of fused-ring (bicyclic) bond motifs is 2. The van der Waals surface area contributed by atoms with Crippen LogP contribution >= 0.6 is 15.9 Å². The summed E-state index contributed by atoms with van der Waals surface area (Å²) in [4.78, 5) is 0. The van der Waals surface area contributed by atoms with Gasteiger partial charge in [-0.2, -0.15) is 0 Å². The molecule has 2 aliphatic rings. The Morgan fingerprint density at radius 1 is 1.44 bits per heavy atom. The molecular formula is C13H16BrNO. The summed E-state index contributed by atoms with van der Waals surface area (Å²) in [5.74, 6) is 0. The van der Waals surface area contributed by atoms with Crippen molar-refractivity contribution in [2.75, 3.05) is 13.2 Å². The van der Waals surface area contributed by atoms with Crippen molar-refractivity contribution in [2.24, 2.45) is 11.1 Å². The van der Waals surface area contributed by atoms with E-state index in [1.165, 1.54) is 11.1 Å². The van der Waals surface area contributed by atoms with Crippen LogP contribution in [0.2, 0.25) is 0 Å². The maximum atomic E-state index is 9.57. The van der Waals surface area contributed by atoms with Gasteiger partial charge in [-0.25, -0.2) is 0 Å². The van der Waals surface area contributed by atoms with Crippen LogP contribution < -0.4 is 5.73 Å². The van der Waals surface area contributed by atoms with Gasteiger partial charge in [0.2, 0.25) is 0 Å². The molecule has 16 heavy (non-hydrogen) atoms. The molecule has 2 nitrogen and oxygen atoms in total. The first-order valence-corrected chi connectivity index (χ1v) is 6.57. The standard InChI is InChI=1S/C13H16BrNO/c14-10-1-2-11-9(5-10)3-4-13(11)6-12(13,7-15)8-16/h1-2,5,16H,3-4,6-8,15H2. The maximum Gasteiger partial charge on any atom is 0.0508 e. The van der Waals surface area contributed by atoms with E-state index in [4.69, 9.17) is 5.73 Å². The fourth-order valence-corrected chi connectivity index (χ4v) is 3.93. The molecular weight excluding hydrogens is 266 g/mol. The molecule has 3 N–H and O–H groups in total. The van der Waals surface area contributed by atoms with Gasteiger partial charge in [-0.1, -0.05) is 22.0 Å². The quantitative estimate of drug-likeness (QED) is 0.871. The fraction of sp³-hybridized carbons (Fsp3) is 0.538. The van der Waals surface area contributed by atoms with Gasteiger partial charge >= 0.3 is 0 Å². The predicted octanol–water partition coefficient (Wildman–Crippen LogP) is 1.97. The number of halogens is 1. The summed E-state index contributed by atoms with van der Waals surface area (Å²) in [7, 11) is 0. The summed E-state index contributed by atoms with van der Waals surface area (Å²) in [6, 6.07) is 6.52. The van der Waals surface area contributed by atoms with Gasteiger partial charge in [0.15, 0.2) is 0 Å². The van der Waals surface area contributed by atoms with Gasteiger partial charge in [0.1, 0.15) is 0 Å². The van der Waals surface area contributed by atoms with Crippen molar-refractivity contribution in [3.63, 3.8) is 0 Å². The minimum atomic E-state index is -0.0356. The van der Waals surface area contributed by atoms with Crippen LogP contribution in [0.5, 0.6) is 0 Å². The van der Waals surface area contributed by atoms with Gasteiger partial charge in [0.05, 0.1) is 6.61 Å². The second kappa shape index (κ2) is 3.31. The second-order valence-electron chi connectivity index (χ2n) is 5.20. The van der Waals surface area contributed by atoms with Crippen LogP contribution in [0.25, 0.3) is 0 Å². The number of aliphatic hydroxyl groups excluding tert-OH is 1. The second-order valence-corrected chi connectivity index (χ2v) is 6.12. The molecule has 0 aliphatic heterocycles. The van der Waals surface area contributed by atoms with E-state index >= 15 is 0 Å². The summed E-state index contributed by atoms with van der Waals surface area (Å²) >= 11 is 3.51. The highest BCUT2D eigenvalue weighted by atomic mass is 79.9. The topological polar surface area (TPSA) is 46.2 Å². The van der Waals surface area contributed by atoms with E-state index in [2.05, 4.69) is 34.1 Å². The Bertz CT molecular complexity index is 442. The van der Waals surface area contributed by atoms with E-state index in [1.807, 2.05) is 0 Å². The van der Waals surface area contributed by atoms with E-state index in [1.54, 1.807) is 0 Å². The lowest BCUT2D eigenvalue weighted by Crippen LogP contribution is -2.28. The zero-order chi connectivity index (χ0) is 11.4. The summed E-state index contributed by atoms with van der Waals surface area (Å²) < 4.78 is 1.14. The fourth-order valence-electron chi connectivity index (χ4n) is 3.53. The van der Waals surface area contributed by atoms with Gasteiger partial charge in [-0.3, -0.25) is 0 Å². The first-order valence-electron chi connectivity index (χ1n) is 5.77. The third kappa shape index (κ3) is 1.14. The summed E-state index contributed by atoms with van der Waals surface area (Å²) in [6.07, 6.45) is 3.33. The number of aryl methyl sites for hydroxylation is 1. The van der Waals surface area contributed by atoms with Crippen molar-refractivity contribution < 1.29 is 5.11 Å². The Labute approximate surface area is 104 Å².